The van der Waals surface area contributed by atoms with Gasteiger partial charge in [-0.2, -0.15) is 0 Å². The lowest BCUT2D eigenvalue weighted by molar-refractivity contribution is 0.318. The number of nitrogens with zero attached hydrogens (tertiary/aromatic N) is 1. The highest BCUT2D eigenvalue weighted by Gasteiger charge is 2.20. The maximum absolute atomic E-state index is 12.6. The quantitative estimate of drug-likeness (QED) is 0.743. The number of rotatable bonds is 3. The summed E-state index contributed by atoms with van der Waals surface area (Å²) < 4.78 is 6.63. The minimum absolute atomic E-state index is 0.0759. The largest absolute Gasteiger partial charge is 0.504 e. The van der Waals surface area contributed by atoms with Gasteiger partial charge >= 0.3 is 0 Å². The van der Waals surface area contributed by atoms with Gasteiger partial charge in [0.15, 0.2) is 11.5 Å². The number of aromatic hydroxyl groups is 1. The first kappa shape index (κ1) is 15.5. The Kier molecular flexibility index (Phi) is 3.97. The Morgan fingerprint density at radius 3 is 3.12 bits per heavy atom. The Balaban J connectivity index is 1.86. The molecule has 0 radical (unpaired) electrons. The molecule has 0 atom stereocenters. The van der Waals surface area contributed by atoms with Gasteiger partial charge in [0.2, 0.25) is 0 Å². The SMILES string of the molecule is CCOc1cc(-c2nc3sc4c(c3c(=O)[nH]2)CCCS4)ccc1O. The van der Waals surface area contributed by atoms with Crippen molar-refractivity contribution < 1.29 is 9.84 Å². The fourth-order valence-corrected chi connectivity index (χ4v) is 5.40. The minimum Gasteiger partial charge on any atom is -0.504 e. The molecule has 124 valence electrons. The fraction of sp³-hybridized carbons (Fsp3) is 0.294. The maximum Gasteiger partial charge on any atom is 0.260 e. The number of benzene rings is 1. The summed E-state index contributed by atoms with van der Waals surface area (Å²) in [4.78, 5) is 20.9. The summed E-state index contributed by atoms with van der Waals surface area (Å²) in [6.07, 6.45) is 2.04. The van der Waals surface area contributed by atoms with Crippen LogP contribution in [0.3, 0.4) is 0 Å². The van der Waals surface area contributed by atoms with Crippen LogP contribution in [-0.2, 0) is 6.42 Å². The number of hydrogen-bond donors (Lipinski definition) is 2. The van der Waals surface area contributed by atoms with Crippen molar-refractivity contribution in [2.45, 2.75) is 24.0 Å². The molecule has 0 unspecified atom stereocenters. The summed E-state index contributed by atoms with van der Waals surface area (Å²) in [5.74, 6) is 2.06. The molecule has 0 spiro atoms. The molecular weight excluding hydrogens is 344 g/mol. The zero-order chi connectivity index (χ0) is 16.7. The second-order valence-electron chi connectivity index (χ2n) is 5.53. The van der Waals surface area contributed by atoms with Gasteiger partial charge in [-0.15, -0.1) is 23.1 Å². The number of aryl methyl sites for hydroxylation is 1. The van der Waals surface area contributed by atoms with E-state index in [1.54, 1.807) is 29.5 Å². The Morgan fingerprint density at radius 2 is 2.29 bits per heavy atom. The van der Waals surface area contributed by atoms with Crippen LogP contribution in [-0.4, -0.2) is 27.4 Å². The number of aromatic amines is 1. The van der Waals surface area contributed by atoms with Gasteiger partial charge < -0.3 is 14.8 Å². The molecule has 3 aromatic rings. The first-order chi connectivity index (χ1) is 11.7. The van der Waals surface area contributed by atoms with E-state index in [4.69, 9.17) is 4.74 Å². The van der Waals surface area contributed by atoms with E-state index in [1.807, 2.05) is 18.7 Å². The lowest BCUT2D eigenvalue weighted by Crippen LogP contribution is -2.10. The lowest BCUT2D eigenvalue weighted by atomic mass is 10.1. The van der Waals surface area contributed by atoms with Crippen LogP contribution in [0.4, 0.5) is 0 Å². The van der Waals surface area contributed by atoms with Gasteiger partial charge in [0.05, 0.1) is 16.2 Å². The summed E-state index contributed by atoms with van der Waals surface area (Å²) in [6, 6.07) is 4.98. The van der Waals surface area contributed by atoms with E-state index >= 15 is 0 Å². The predicted octanol–water partition coefficient (Wildman–Crippen LogP) is 3.79. The molecule has 1 aliphatic heterocycles. The molecule has 5 nitrogen and oxygen atoms in total. The van der Waals surface area contributed by atoms with Gasteiger partial charge in [-0.1, -0.05) is 0 Å². The molecule has 7 heteroatoms. The van der Waals surface area contributed by atoms with Crippen molar-refractivity contribution in [1.82, 2.24) is 9.97 Å². The molecule has 0 fully saturated rings. The van der Waals surface area contributed by atoms with Crippen LogP contribution in [0.1, 0.15) is 18.9 Å². The van der Waals surface area contributed by atoms with E-state index in [0.717, 1.165) is 34.4 Å². The molecule has 0 bridgehead atoms. The van der Waals surface area contributed by atoms with Crippen molar-refractivity contribution in [2.75, 3.05) is 12.4 Å². The molecule has 0 saturated heterocycles. The van der Waals surface area contributed by atoms with E-state index < -0.39 is 0 Å². The maximum atomic E-state index is 12.6. The molecule has 0 saturated carbocycles. The smallest absolute Gasteiger partial charge is 0.260 e. The fourth-order valence-electron chi connectivity index (χ4n) is 2.87. The average molecular weight is 360 g/mol. The van der Waals surface area contributed by atoms with E-state index in [9.17, 15) is 9.90 Å². The Labute approximate surface area is 146 Å². The van der Waals surface area contributed by atoms with Gasteiger partial charge in [-0.3, -0.25) is 4.79 Å². The summed E-state index contributed by atoms with van der Waals surface area (Å²) in [6.45, 7) is 2.31. The Morgan fingerprint density at radius 1 is 1.42 bits per heavy atom. The van der Waals surface area contributed by atoms with Gasteiger partial charge in [0.25, 0.3) is 5.56 Å². The molecule has 2 aromatic heterocycles. The number of thioether (sulfide) groups is 1. The monoisotopic (exact) mass is 360 g/mol. The van der Waals surface area contributed by atoms with Crippen LogP contribution in [0.25, 0.3) is 21.6 Å². The number of nitrogens with one attached hydrogen (secondary N) is 1. The molecule has 24 heavy (non-hydrogen) atoms. The van der Waals surface area contributed by atoms with Crippen molar-refractivity contribution >= 4 is 33.3 Å². The number of ether oxygens (including phenoxy) is 1. The highest BCUT2D eigenvalue weighted by atomic mass is 32.2. The molecule has 3 heterocycles. The molecule has 1 aromatic carbocycles. The van der Waals surface area contributed by atoms with Crippen molar-refractivity contribution in [3.63, 3.8) is 0 Å². The third-order valence-corrected chi connectivity index (χ3v) is 6.49. The van der Waals surface area contributed by atoms with E-state index in [1.165, 1.54) is 4.21 Å². The normalized spacial score (nSPS) is 13.9. The van der Waals surface area contributed by atoms with Gasteiger partial charge in [-0.25, -0.2) is 4.98 Å². The van der Waals surface area contributed by atoms with Crippen molar-refractivity contribution in [1.29, 1.82) is 0 Å². The van der Waals surface area contributed by atoms with Crippen molar-refractivity contribution in [3.05, 3.63) is 34.1 Å². The first-order valence-electron chi connectivity index (χ1n) is 7.82. The van der Waals surface area contributed by atoms with Crippen molar-refractivity contribution in [3.8, 4) is 22.9 Å². The van der Waals surface area contributed by atoms with Crippen molar-refractivity contribution in [2.24, 2.45) is 0 Å². The van der Waals surface area contributed by atoms with Crippen LogP contribution in [0.5, 0.6) is 11.5 Å². The molecule has 0 amide bonds. The lowest BCUT2D eigenvalue weighted by Gasteiger charge is -2.09. The van der Waals surface area contributed by atoms with Gasteiger partial charge in [0.1, 0.15) is 10.7 Å². The van der Waals surface area contributed by atoms with E-state index in [0.29, 0.717) is 23.7 Å². The van der Waals surface area contributed by atoms with Crippen LogP contribution >= 0.6 is 23.1 Å². The molecule has 1 aliphatic rings. The minimum atomic E-state index is -0.0963. The first-order valence-corrected chi connectivity index (χ1v) is 9.62. The summed E-state index contributed by atoms with van der Waals surface area (Å²) in [5.41, 5.74) is 1.77. The second-order valence-corrected chi connectivity index (χ2v) is 7.89. The third kappa shape index (κ3) is 2.57. The molecular formula is C17H16N2O3S2. The van der Waals surface area contributed by atoms with E-state index in [2.05, 4.69) is 9.97 Å². The van der Waals surface area contributed by atoms with Crippen LogP contribution in [0.15, 0.2) is 27.2 Å². The Hall–Kier alpha value is -1.99. The Bertz CT molecular complexity index is 978. The molecule has 2 N–H and O–H groups in total. The third-order valence-electron chi connectivity index (χ3n) is 3.96. The highest BCUT2D eigenvalue weighted by Crippen LogP contribution is 2.40. The number of thiophene rings is 1. The van der Waals surface area contributed by atoms with Crippen LogP contribution in [0, 0.1) is 0 Å². The number of hydrogen-bond acceptors (Lipinski definition) is 6. The zero-order valence-corrected chi connectivity index (χ0v) is 14.7. The highest BCUT2D eigenvalue weighted by molar-refractivity contribution is 8.01. The van der Waals surface area contributed by atoms with Crippen LogP contribution < -0.4 is 10.3 Å². The van der Waals surface area contributed by atoms with Gasteiger partial charge in [0, 0.05) is 5.56 Å². The molecule has 4 rings (SSSR count). The zero-order valence-electron chi connectivity index (χ0n) is 13.1. The van der Waals surface area contributed by atoms with Gasteiger partial charge in [-0.05, 0) is 49.3 Å². The number of H-pyrrole nitrogens is 1. The number of phenolic OH excluding ortho intramolecular Hbond substituents is 1. The van der Waals surface area contributed by atoms with E-state index in [-0.39, 0.29) is 11.3 Å². The summed E-state index contributed by atoms with van der Waals surface area (Å²) in [7, 11) is 0. The standard InChI is InChI=1S/C17H16N2O3S2/c1-2-22-12-8-9(5-6-11(12)20)14-18-15(21)13-10-4-3-7-23-17(10)24-16(13)19-14/h5-6,8,20H,2-4,7H2,1H3,(H,18,19,21). The topological polar surface area (TPSA) is 75.2 Å². The number of phenols is 1. The molecule has 0 aliphatic carbocycles. The summed E-state index contributed by atoms with van der Waals surface area (Å²) >= 11 is 3.40. The number of fused-ring (bicyclic) bond motifs is 3. The number of aromatic nitrogens is 2. The van der Waals surface area contributed by atoms with Crippen LogP contribution in [0.2, 0.25) is 0 Å². The second kappa shape index (κ2) is 6.14. The summed E-state index contributed by atoms with van der Waals surface area (Å²) in [5, 5.41) is 10.6. The average Bonchev–Trinajstić information content (AvgIpc) is 2.96. The predicted molar refractivity (Wildman–Crippen MR) is 97.6 cm³/mol.